The molecular formula is C16H26N4O. The van der Waals surface area contributed by atoms with Crippen LogP contribution in [0, 0.1) is 6.92 Å². The number of aryl methyl sites for hydroxylation is 2. The fourth-order valence-corrected chi connectivity index (χ4v) is 2.24. The highest BCUT2D eigenvalue weighted by atomic mass is 16.2. The summed E-state index contributed by atoms with van der Waals surface area (Å²) in [4.78, 5) is 18.2. The molecule has 0 heterocycles. The first kappa shape index (κ1) is 17.0. The first-order chi connectivity index (χ1) is 10.0. The summed E-state index contributed by atoms with van der Waals surface area (Å²) in [5.41, 5.74) is 8.92. The summed E-state index contributed by atoms with van der Waals surface area (Å²) in [5, 5.41) is 2.66. The number of nitrogens with one attached hydrogen (secondary N) is 1. The van der Waals surface area contributed by atoms with Crippen molar-refractivity contribution < 1.29 is 4.79 Å². The second kappa shape index (κ2) is 8.29. The molecule has 0 aromatic heterocycles. The van der Waals surface area contributed by atoms with Gasteiger partial charge in [0, 0.05) is 13.1 Å². The van der Waals surface area contributed by atoms with E-state index in [1.165, 1.54) is 0 Å². The molecule has 0 aliphatic carbocycles. The molecule has 0 bridgehead atoms. The average molecular weight is 290 g/mol. The summed E-state index contributed by atoms with van der Waals surface area (Å²) in [6, 6.07) is 5.84. The molecule has 0 aliphatic heterocycles. The van der Waals surface area contributed by atoms with Crippen LogP contribution in [0.5, 0.6) is 0 Å². The number of guanidine groups is 1. The van der Waals surface area contributed by atoms with Crippen LogP contribution in [-0.2, 0) is 6.42 Å². The smallest absolute Gasteiger partial charge is 0.328 e. The molecule has 3 N–H and O–H groups in total. The minimum Gasteiger partial charge on any atom is -0.370 e. The molecule has 5 nitrogen and oxygen atoms in total. The Bertz CT molecular complexity index is 511. The maximum atomic E-state index is 12.4. The molecule has 0 saturated carbocycles. The Balaban J connectivity index is 3.00. The third-order valence-corrected chi connectivity index (χ3v) is 3.27. The third kappa shape index (κ3) is 4.48. The molecule has 21 heavy (non-hydrogen) atoms. The van der Waals surface area contributed by atoms with Crippen LogP contribution in [0.15, 0.2) is 23.2 Å². The number of hydrogen-bond donors (Lipinski definition) is 2. The van der Waals surface area contributed by atoms with Gasteiger partial charge in [-0.05, 0) is 37.8 Å². The Hall–Kier alpha value is -2.04. The van der Waals surface area contributed by atoms with Gasteiger partial charge < -0.3 is 5.73 Å². The number of nitrogens with two attached hydrogens (primary N) is 1. The quantitative estimate of drug-likeness (QED) is 0.646. The van der Waals surface area contributed by atoms with Gasteiger partial charge >= 0.3 is 6.03 Å². The number of benzene rings is 1. The standard InChI is InChI=1S/C16H26N4O/c1-5-11-18-15(17)19-16(21)20(7-3)14-12(4)9-8-10-13(14)6-2/h8-10H,5-7,11H2,1-4H3,(H3,17,18,19,21). The van der Waals surface area contributed by atoms with E-state index in [2.05, 4.69) is 17.2 Å². The zero-order valence-corrected chi connectivity index (χ0v) is 13.4. The van der Waals surface area contributed by atoms with Crippen molar-refractivity contribution in [2.24, 2.45) is 10.7 Å². The molecule has 5 heteroatoms. The van der Waals surface area contributed by atoms with Crippen molar-refractivity contribution in [1.29, 1.82) is 0 Å². The number of nitrogens with zero attached hydrogens (tertiary/aromatic N) is 2. The number of carbonyl (C=O) groups is 1. The van der Waals surface area contributed by atoms with Crippen LogP contribution >= 0.6 is 0 Å². The van der Waals surface area contributed by atoms with Gasteiger partial charge in [-0.15, -0.1) is 0 Å². The number of anilines is 1. The zero-order valence-electron chi connectivity index (χ0n) is 13.4. The van der Waals surface area contributed by atoms with Crippen LogP contribution in [0.2, 0.25) is 0 Å². The van der Waals surface area contributed by atoms with Crippen molar-refractivity contribution >= 4 is 17.7 Å². The highest BCUT2D eigenvalue weighted by Gasteiger charge is 2.19. The number of hydrogen-bond acceptors (Lipinski definition) is 2. The Morgan fingerprint density at radius 2 is 2.05 bits per heavy atom. The average Bonchev–Trinajstić information content (AvgIpc) is 2.47. The van der Waals surface area contributed by atoms with Gasteiger partial charge in [0.1, 0.15) is 0 Å². The summed E-state index contributed by atoms with van der Waals surface area (Å²) in [7, 11) is 0. The second-order valence-corrected chi connectivity index (χ2v) is 4.88. The Labute approximate surface area is 127 Å². The number of amides is 2. The second-order valence-electron chi connectivity index (χ2n) is 4.88. The molecule has 0 atom stereocenters. The Morgan fingerprint density at radius 3 is 2.62 bits per heavy atom. The van der Waals surface area contributed by atoms with Crippen molar-refractivity contribution in [1.82, 2.24) is 5.32 Å². The fourth-order valence-electron chi connectivity index (χ4n) is 2.24. The number of aliphatic imine (C=N–C) groups is 1. The molecule has 2 amide bonds. The van der Waals surface area contributed by atoms with Gasteiger partial charge in [-0.25, -0.2) is 4.79 Å². The van der Waals surface area contributed by atoms with Gasteiger partial charge in [0.15, 0.2) is 5.96 Å². The topological polar surface area (TPSA) is 70.7 Å². The highest BCUT2D eigenvalue weighted by molar-refractivity contribution is 6.03. The van der Waals surface area contributed by atoms with Gasteiger partial charge in [-0.3, -0.25) is 15.2 Å². The predicted molar refractivity (Wildman–Crippen MR) is 88.9 cm³/mol. The molecule has 1 aromatic carbocycles. The summed E-state index contributed by atoms with van der Waals surface area (Å²) in [6.07, 6.45) is 1.77. The highest BCUT2D eigenvalue weighted by Crippen LogP contribution is 2.25. The molecule has 0 fully saturated rings. The van der Waals surface area contributed by atoms with Gasteiger partial charge in [-0.2, -0.15) is 0 Å². The van der Waals surface area contributed by atoms with E-state index in [1.807, 2.05) is 39.0 Å². The molecule has 1 rings (SSSR count). The van der Waals surface area contributed by atoms with Crippen LogP contribution in [0.3, 0.4) is 0 Å². The largest absolute Gasteiger partial charge is 0.370 e. The maximum Gasteiger partial charge on any atom is 0.328 e. The normalized spacial score (nSPS) is 11.3. The van der Waals surface area contributed by atoms with Gasteiger partial charge in [0.25, 0.3) is 0 Å². The lowest BCUT2D eigenvalue weighted by atomic mass is 10.0. The minimum atomic E-state index is -0.237. The van der Waals surface area contributed by atoms with E-state index in [4.69, 9.17) is 5.73 Å². The van der Waals surface area contributed by atoms with E-state index in [0.717, 1.165) is 29.7 Å². The third-order valence-electron chi connectivity index (χ3n) is 3.27. The van der Waals surface area contributed by atoms with Crippen LogP contribution < -0.4 is 16.0 Å². The van der Waals surface area contributed by atoms with Crippen molar-refractivity contribution in [3.8, 4) is 0 Å². The number of carbonyl (C=O) groups excluding carboxylic acids is 1. The molecule has 0 unspecified atom stereocenters. The van der Waals surface area contributed by atoms with E-state index in [0.29, 0.717) is 13.1 Å². The monoisotopic (exact) mass is 290 g/mol. The van der Waals surface area contributed by atoms with Crippen molar-refractivity contribution in [3.63, 3.8) is 0 Å². The van der Waals surface area contributed by atoms with E-state index >= 15 is 0 Å². The predicted octanol–water partition coefficient (Wildman–Crippen LogP) is 2.82. The van der Waals surface area contributed by atoms with Crippen LogP contribution in [0.25, 0.3) is 0 Å². The van der Waals surface area contributed by atoms with Crippen molar-refractivity contribution in [2.75, 3.05) is 18.0 Å². The lowest BCUT2D eigenvalue weighted by Crippen LogP contribution is -2.46. The number of para-hydroxylation sites is 1. The lowest BCUT2D eigenvalue weighted by molar-refractivity contribution is 0.250. The molecule has 0 spiro atoms. The van der Waals surface area contributed by atoms with E-state index in [1.54, 1.807) is 4.90 Å². The number of rotatable bonds is 5. The SMILES string of the molecule is CCCN=C(N)NC(=O)N(CC)c1c(C)cccc1CC. The number of urea groups is 1. The summed E-state index contributed by atoms with van der Waals surface area (Å²) in [6.45, 7) is 9.25. The molecule has 0 aliphatic rings. The molecular weight excluding hydrogens is 264 g/mol. The van der Waals surface area contributed by atoms with Gasteiger partial charge in [-0.1, -0.05) is 32.0 Å². The molecule has 0 saturated heterocycles. The van der Waals surface area contributed by atoms with Crippen LogP contribution in [-0.4, -0.2) is 25.1 Å². The van der Waals surface area contributed by atoms with Gasteiger partial charge in [0.2, 0.25) is 0 Å². The van der Waals surface area contributed by atoms with Crippen molar-refractivity contribution in [3.05, 3.63) is 29.3 Å². The van der Waals surface area contributed by atoms with Crippen molar-refractivity contribution in [2.45, 2.75) is 40.5 Å². The van der Waals surface area contributed by atoms with Crippen LogP contribution in [0.4, 0.5) is 10.5 Å². The van der Waals surface area contributed by atoms with Gasteiger partial charge in [0.05, 0.1) is 5.69 Å². The van der Waals surface area contributed by atoms with Crippen LogP contribution in [0.1, 0.15) is 38.3 Å². The zero-order chi connectivity index (χ0) is 15.8. The molecule has 1 aromatic rings. The Morgan fingerprint density at radius 1 is 1.33 bits per heavy atom. The van der Waals surface area contributed by atoms with E-state index in [9.17, 15) is 4.79 Å². The lowest BCUT2D eigenvalue weighted by Gasteiger charge is -2.25. The van der Waals surface area contributed by atoms with E-state index in [-0.39, 0.29) is 12.0 Å². The van der Waals surface area contributed by atoms with E-state index < -0.39 is 0 Å². The first-order valence-electron chi connectivity index (χ1n) is 7.51. The Kier molecular flexibility index (Phi) is 6.72. The summed E-state index contributed by atoms with van der Waals surface area (Å²) < 4.78 is 0. The maximum absolute atomic E-state index is 12.4. The summed E-state index contributed by atoms with van der Waals surface area (Å²) in [5.74, 6) is 0.173. The molecule has 116 valence electrons. The summed E-state index contributed by atoms with van der Waals surface area (Å²) >= 11 is 0. The minimum absolute atomic E-state index is 0.173. The fraction of sp³-hybridized carbons (Fsp3) is 0.500. The first-order valence-corrected chi connectivity index (χ1v) is 7.51. The molecule has 0 radical (unpaired) electrons.